The van der Waals surface area contributed by atoms with Crippen molar-refractivity contribution in [3.8, 4) is 0 Å². The molecule has 3 fully saturated rings. The van der Waals surface area contributed by atoms with Crippen LogP contribution in [0.1, 0.15) is 62.5 Å². The number of ether oxygens (including phenoxy) is 1. The summed E-state index contributed by atoms with van der Waals surface area (Å²) >= 11 is 0. The zero-order chi connectivity index (χ0) is 33.0. The molecule has 3 aliphatic heterocycles. The van der Waals surface area contributed by atoms with Crippen molar-refractivity contribution in [3.05, 3.63) is 47.3 Å². The van der Waals surface area contributed by atoms with E-state index in [1.165, 1.54) is 29.2 Å². The van der Waals surface area contributed by atoms with Crippen LogP contribution in [0, 0.1) is 11.7 Å². The summed E-state index contributed by atoms with van der Waals surface area (Å²) in [4.78, 5) is 56.1. The van der Waals surface area contributed by atoms with Gasteiger partial charge in [0, 0.05) is 37.3 Å². The largest absolute Gasteiger partial charge is 0.444 e. The van der Waals surface area contributed by atoms with Gasteiger partial charge in [0.15, 0.2) is 0 Å². The molecule has 1 aromatic carbocycles. The SMILES string of the molecule is N[C@H]1CCC(F)(F)CCC=C[C@@H]2C[C@@]2(C(=O)NS(=O)(=O)C2CC2)NC(=O)[C@@H]2C[C@@H](OC(=O)N3Cc4cccc(F)c4C3)CN2C1=O. The Hall–Kier alpha value is -3.66. The third-order valence-corrected chi connectivity index (χ3v) is 11.3. The second kappa shape index (κ2) is 11.9. The number of nitrogens with zero attached hydrogens (tertiary/aromatic N) is 2. The molecule has 16 heteroatoms. The lowest BCUT2D eigenvalue weighted by Gasteiger charge is -2.28. The zero-order valence-electron chi connectivity index (χ0n) is 24.9. The van der Waals surface area contributed by atoms with Crippen LogP contribution < -0.4 is 15.8 Å². The maximum atomic E-state index is 14.6. The van der Waals surface area contributed by atoms with Gasteiger partial charge in [-0.15, -0.1) is 0 Å². The highest BCUT2D eigenvalue weighted by molar-refractivity contribution is 7.91. The van der Waals surface area contributed by atoms with E-state index in [9.17, 15) is 40.8 Å². The van der Waals surface area contributed by atoms with Gasteiger partial charge in [-0.1, -0.05) is 24.3 Å². The summed E-state index contributed by atoms with van der Waals surface area (Å²) < 4.78 is 76.4. The van der Waals surface area contributed by atoms with Gasteiger partial charge in [-0.3, -0.25) is 24.0 Å². The van der Waals surface area contributed by atoms with Gasteiger partial charge >= 0.3 is 6.09 Å². The van der Waals surface area contributed by atoms with Gasteiger partial charge in [-0.05, 0) is 43.7 Å². The highest BCUT2D eigenvalue weighted by atomic mass is 32.2. The maximum absolute atomic E-state index is 14.6. The van der Waals surface area contributed by atoms with Crippen molar-refractivity contribution < 1.29 is 45.5 Å². The van der Waals surface area contributed by atoms with Crippen LogP contribution in [0.3, 0.4) is 0 Å². The second-order valence-corrected chi connectivity index (χ2v) is 14.9. The zero-order valence-corrected chi connectivity index (χ0v) is 25.7. The molecule has 0 radical (unpaired) electrons. The van der Waals surface area contributed by atoms with E-state index in [1.807, 2.05) is 0 Å². The van der Waals surface area contributed by atoms with Gasteiger partial charge in [0.1, 0.15) is 23.5 Å². The number of rotatable bonds is 4. The van der Waals surface area contributed by atoms with Crippen molar-refractivity contribution in [1.29, 1.82) is 0 Å². The third-order valence-electron chi connectivity index (χ3n) is 9.45. The summed E-state index contributed by atoms with van der Waals surface area (Å²) in [6.45, 7) is -0.212. The number of hydrogen-bond donors (Lipinski definition) is 3. The quantitative estimate of drug-likeness (QED) is 0.409. The molecule has 4 N–H and O–H groups in total. The first-order valence-corrected chi connectivity index (χ1v) is 16.9. The molecule has 12 nitrogen and oxygen atoms in total. The molecule has 1 aromatic rings. The van der Waals surface area contributed by atoms with Crippen LogP contribution in [0.2, 0.25) is 0 Å². The molecule has 0 spiro atoms. The summed E-state index contributed by atoms with van der Waals surface area (Å²) in [6.07, 6.45) is 0.189. The molecule has 1 saturated heterocycles. The summed E-state index contributed by atoms with van der Waals surface area (Å²) in [7, 11) is -3.97. The van der Waals surface area contributed by atoms with E-state index in [1.54, 1.807) is 6.07 Å². The molecule has 0 unspecified atom stereocenters. The van der Waals surface area contributed by atoms with Gasteiger partial charge in [-0.25, -0.2) is 26.4 Å². The molecular weight excluding hydrogens is 631 g/mol. The predicted molar refractivity (Wildman–Crippen MR) is 156 cm³/mol. The molecule has 5 atom stereocenters. The third kappa shape index (κ3) is 6.46. The Morgan fingerprint density at radius 1 is 1.11 bits per heavy atom. The van der Waals surface area contributed by atoms with Crippen LogP contribution >= 0.6 is 0 Å². The molecule has 3 heterocycles. The van der Waals surface area contributed by atoms with E-state index in [0.717, 1.165) is 4.90 Å². The number of nitrogens with two attached hydrogens (primary N) is 1. The van der Waals surface area contributed by atoms with Crippen molar-refractivity contribution in [2.24, 2.45) is 11.7 Å². The number of nitrogens with one attached hydrogen (secondary N) is 2. The number of halogens is 3. The Balaban J connectivity index is 1.23. The highest BCUT2D eigenvalue weighted by Crippen LogP contribution is 2.46. The second-order valence-electron chi connectivity index (χ2n) is 12.9. The summed E-state index contributed by atoms with van der Waals surface area (Å²) in [5.41, 5.74) is 5.34. The van der Waals surface area contributed by atoms with Crippen LogP contribution in [0.25, 0.3) is 0 Å². The lowest BCUT2D eigenvalue weighted by Crippen LogP contribution is -2.57. The van der Waals surface area contributed by atoms with Crippen LogP contribution in [0.4, 0.5) is 18.0 Å². The van der Waals surface area contributed by atoms with Gasteiger partial charge < -0.3 is 20.7 Å². The van der Waals surface area contributed by atoms with Crippen LogP contribution in [-0.2, 0) is 42.2 Å². The number of fused-ring (bicyclic) bond motifs is 3. The molecule has 4 amide bonds. The number of carbonyl (C=O) groups excluding carboxylic acids is 4. The Morgan fingerprint density at radius 2 is 1.87 bits per heavy atom. The molecule has 46 heavy (non-hydrogen) atoms. The minimum absolute atomic E-state index is 0.0162. The Kier molecular flexibility index (Phi) is 8.32. The van der Waals surface area contributed by atoms with E-state index >= 15 is 0 Å². The number of allylic oxidation sites excluding steroid dienone is 1. The first-order valence-electron chi connectivity index (χ1n) is 15.4. The Bertz CT molecular complexity index is 1590. The number of amides is 4. The van der Waals surface area contributed by atoms with Gasteiger partial charge in [0.05, 0.1) is 24.4 Å². The highest BCUT2D eigenvalue weighted by Gasteiger charge is 2.62. The standard InChI is InChI=1S/C30H36F3N5O7S/c31-22-6-3-4-17-14-37(16-21(17)22)28(42)45-19-12-24-25(39)35-30(27(41)36-46(43,44)20-7-8-20)13-18(30)5-1-2-10-29(32,33)11-9-23(34)26(40)38(24)15-19/h1,3-6,18-20,23-24H,2,7-16,34H2,(H,35,39)(H,36,41)/t18-,19-,23+,24+,30-/m1/s1. The van der Waals surface area contributed by atoms with Crippen molar-refractivity contribution in [2.45, 2.75) is 99.4 Å². The van der Waals surface area contributed by atoms with E-state index in [-0.39, 0.29) is 45.3 Å². The fourth-order valence-electron chi connectivity index (χ4n) is 6.45. The summed E-state index contributed by atoms with van der Waals surface area (Å²) in [5, 5.41) is 1.94. The lowest BCUT2D eigenvalue weighted by atomic mass is 10.0. The number of benzene rings is 1. The van der Waals surface area contributed by atoms with Crippen molar-refractivity contribution in [1.82, 2.24) is 19.8 Å². The fourth-order valence-corrected chi connectivity index (χ4v) is 7.82. The molecular formula is C30H36F3N5O7S. The number of alkyl halides is 2. The monoisotopic (exact) mass is 667 g/mol. The number of carbonyl (C=O) groups is 4. The van der Waals surface area contributed by atoms with Crippen molar-refractivity contribution in [3.63, 3.8) is 0 Å². The van der Waals surface area contributed by atoms with Crippen molar-refractivity contribution >= 4 is 33.8 Å². The van der Waals surface area contributed by atoms with Gasteiger partial charge in [-0.2, -0.15) is 0 Å². The van der Waals surface area contributed by atoms with Crippen LogP contribution in [0.15, 0.2) is 30.4 Å². The van der Waals surface area contributed by atoms with Crippen LogP contribution in [0.5, 0.6) is 0 Å². The van der Waals surface area contributed by atoms with E-state index in [0.29, 0.717) is 24.0 Å². The smallest absolute Gasteiger partial charge is 0.410 e. The first kappa shape index (κ1) is 32.3. The normalized spacial score (nSPS) is 31.1. The first-order chi connectivity index (χ1) is 21.7. The minimum Gasteiger partial charge on any atom is -0.444 e. The predicted octanol–water partition coefficient (Wildman–Crippen LogP) is 1.82. The van der Waals surface area contributed by atoms with Crippen LogP contribution in [-0.4, -0.2) is 83.5 Å². The molecule has 6 rings (SSSR count). The number of sulfonamides is 1. The average Bonchev–Trinajstić information content (AvgIpc) is 3.88. The minimum atomic E-state index is -3.97. The van der Waals surface area contributed by atoms with Crippen molar-refractivity contribution in [2.75, 3.05) is 6.54 Å². The average molecular weight is 668 g/mol. The molecule has 0 aromatic heterocycles. The number of hydrogen-bond acceptors (Lipinski definition) is 8. The molecule has 2 saturated carbocycles. The summed E-state index contributed by atoms with van der Waals surface area (Å²) in [5.74, 6) is -6.83. The van der Waals surface area contributed by atoms with E-state index in [2.05, 4.69) is 10.0 Å². The fraction of sp³-hybridized carbons (Fsp3) is 0.600. The summed E-state index contributed by atoms with van der Waals surface area (Å²) in [6, 6.07) is 1.82. The molecule has 250 valence electrons. The topological polar surface area (TPSA) is 168 Å². The Morgan fingerprint density at radius 3 is 2.59 bits per heavy atom. The molecule has 0 bridgehead atoms. The van der Waals surface area contributed by atoms with E-state index < -0.39 is 93.3 Å². The maximum Gasteiger partial charge on any atom is 0.410 e. The molecule has 5 aliphatic rings. The van der Waals surface area contributed by atoms with E-state index in [4.69, 9.17) is 10.5 Å². The molecule has 2 aliphatic carbocycles. The Labute approximate surface area is 263 Å². The van der Waals surface area contributed by atoms with Gasteiger partial charge in [0.2, 0.25) is 27.8 Å². The van der Waals surface area contributed by atoms with Gasteiger partial charge in [0.25, 0.3) is 5.91 Å². The lowest BCUT2D eigenvalue weighted by molar-refractivity contribution is -0.141.